The molecule has 6 amide bonds. The first-order valence-corrected chi connectivity index (χ1v) is 20.5. The van der Waals surface area contributed by atoms with Gasteiger partial charge in [-0.15, -0.1) is 0 Å². The summed E-state index contributed by atoms with van der Waals surface area (Å²) in [6.07, 6.45) is 6.30. The van der Waals surface area contributed by atoms with Crippen LogP contribution < -0.4 is 21.7 Å². The highest BCUT2D eigenvalue weighted by molar-refractivity contribution is 5.94. The van der Waals surface area contributed by atoms with Crippen molar-refractivity contribution in [3.8, 4) is 0 Å². The average Bonchev–Trinajstić information content (AvgIpc) is 3.15. The topological polar surface area (TPSA) is 197 Å². The molecule has 1 rings (SSSR count). The first-order valence-electron chi connectivity index (χ1n) is 20.5. The monoisotopic (exact) mass is 817 g/mol. The highest BCUT2D eigenvalue weighted by Gasteiger charge is 2.29. The van der Waals surface area contributed by atoms with Gasteiger partial charge in [0.1, 0.15) is 18.1 Å². The van der Waals surface area contributed by atoms with Crippen LogP contribution >= 0.6 is 0 Å². The molecular weight excluding hydrogens is 741 g/mol. The Balaban J connectivity index is 0. The van der Waals surface area contributed by atoms with Crippen LogP contribution in [0.1, 0.15) is 114 Å². The molecule has 0 spiro atoms. The molecule has 5 N–H and O–H groups in total. The zero-order valence-electron chi connectivity index (χ0n) is 37.9. The summed E-state index contributed by atoms with van der Waals surface area (Å²) in [6, 6.07) is 7.35. The number of likely N-dealkylation sites (N-methyl/N-ethyl adjacent to an activating group) is 2. The molecule has 0 saturated carbocycles. The van der Waals surface area contributed by atoms with E-state index < -0.39 is 72.7 Å². The van der Waals surface area contributed by atoms with Gasteiger partial charge in [0.05, 0.1) is 13.1 Å². The van der Waals surface area contributed by atoms with Crippen LogP contribution in [0.3, 0.4) is 0 Å². The number of hydrogen-bond donors (Lipinski definition) is 4. The Bertz CT molecular complexity index is 1450. The van der Waals surface area contributed by atoms with E-state index in [1.54, 1.807) is 19.9 Å². The normalized spacial score (nSPS) is 13.9. The molecule has 330 valence electrons. The SMILES string of the molecule is CC(C)C.CCC(C)C(NC(=O)CN(C)C(=O)CN(C)C(=O)C(C)NC(=O)COC(=O)/C(C)=C/CCC(C)C[C@@H](C)CC)C(=O)N[C@H](C)C(N)=O.Cc1ccccc1. The molecule has 4 unspecified atom stereocenters. The molecule has 0 saturated heterocycles. The lowest BCUT2D eigenvalue weighted by Crippen LogP contribution is -2.56. The van der Waals surface area contributed by atoms with Crippen LogP contribution in [0.5, 0.6) is 0 Å². The Hall–Kier alpha value is -4.75. The van der Waals surface area contributed by atoms with Crippen LogP contribution in [0.2, 0.25) is 0 Å². The quantitative estimate of drug-likeness (QED) is 0.0990. The second kappa shape index (κ2) is 30.3. The number of rotatable bonds is 21. The van der Waals surface area contributed by atoms with Crippen LogP contribution in [-0.2, 0) is 38.3 Å². The van der Waals surface area contributed by atoms with Crippen LogP contribution in [0.15, 0.2) is 42.0 Å². The Morgan fingerprint density at radius 3 is 1.81 bits per heavy atom. The fourth-order valence-corrected chi connectivity index (χ4v) is 5.09. The number of carbonyl (C=O) groups is 7. The molecule has 6 atom stereocenters. The van der Waals surface area contributed by atoms with Gasteiger partial charge in [-0.2, -0.15) is 0 Å². The lowest BCUT2D eigenvalue weighted by atomic mass is 9.92. The first kappa shape index (κ1) is 55.3. The molecule has 1 aromatic rings. The highest BCUT2D eigenvalue weighted by Crippen LogP contribution is 2.19. The smallest absolute Gasteiger partial charge is 0.333 e. The van der Waals surface area contributed by atoms with Crippen molar-refractivity contribution < 1.29 is 38.3 Å². The maximum atomic E-state index is 12.8. The molecule has 0 aliphatic rings. The summed E-state index contributed by atoms with van der Waals surface area (Å²) in [5.41, 5.74) is 6.94. The molecule has 1 aromatic carbocycles. The van der Waals surface area contributed by atoms with Crippen LogP contribution in [0.25, 0.3) is 0 Å². The van der Waals surface area contributed by atoms with E-state index in [1.807, 2.05) is 25.1 Å². The molecule has 0 aromatic heterocycles. The summed E-state index contributed by atoms with van der Waals surface area (Å²) in [7, 11) is 2.75. The number of allylic oxidation sites excluding steroid dienone is 1. The number of nitrogens with one attached hydrogen (secondary N) is 3. The largest absolute Gasteiger partial charge is 0.452 e. The van der Waals surface area contributed by atoms with Crippen molar-refractivity contribution in [1.82, 2.24) is 25.8 Å². The summed E-state index contributed by atoms with van der Waals surface area (Å²) < 4.78 is 5.08. The minimum atomic E-state index is -1.02. The van der Waals surface area contributed by atoms with Crippen molar-refractivity contribution in [2.75, 3.05) is 33.8 Å². The maximum absolute atomic E-state index is 12.8. The number of aryl methyl sites for hydroxylation is 1. The van der Waals surface area contributed by atoms with E-state index in [-0.39, 0.29) is 12.5 Å². The predicted octanol–water partition coefficient (Wildman–Crippen LogP) is 4.93. The second-order valence-electron chi connectivity index (χ2n) is 16.1. The maximum Gasteiger partial charge on any atom is 0.333 e. The van der Waals surface area contributed by atoms with Crippen molar-refractivity contribution in [1.29, 1.82) is 0 Å². The van der Waals surface area contributed by atoms with E-state index in [9.17, 15) is 33.6 Å². The molecule has 0 aliphatic heterocycles. The summed E-state index contributed by atoms with van der Waals surface area (Å²) >= 11 is 0. The molecule has 0 radical (unpaired) electrons. The van der Waals surface area contributed by atoms with Gasteiger partial charge in [0.15, 0.2) is 6.61 Å². The van der Waals surface area contributed by atoms with Gasteiger partial charge in [-0.1, -0.05) is 110 Å². The number of nitrogens with two attached hydrogens (primary N) is 1. The van der Waals surface area contributed by atoms with Gasteiger partial charge in [0.25, 0.3) is 5.91 Å². The van der Waals surface area contributed by atoms with Crippen LogP contribution in [0.4, 0.5) is 0 Å². The minimum Gasteiger partial charge on any atom is -0.452 e. The number of benzene rings is 1. The lowest BCUT2D eigenvalue weighted by molar-refractivity contribution is -0.146. The zero-order valence-corrected chi connectivity index (χ0v) is 37.9. The van der Waals surface area contributed by atoms with Crippen molar-refractivity contribution in [2.45, 2.75) is 133 Å². The molecule has 14 nitrogen and oxygen atoms in total. The second-order valence-corrected chi connectivity index (χ2v) is 16.1. The molecule has 14 heteroatoms. The number of hydrogen-bond acceptors (Lipinski definition) is 8. The zero-order chi connectivity index (χ0) is 45.1. The van der Waals surface area contributed by atoms with Crippen molar-refractivity contribution in [2.24, 2.45) is 29.4 Å². The summed E-state index contributed by atoms with van der Waals surface area (Å²) in [6.45, 7) is 21.9. The standard InChI is InChI=1S/C33H58N6O8.C7H8.C4H10/c1-11-20(3)16-21(4)14-13-15-23(6)33(46)47-19-27(41)35-25(8)32(45)39(10)18-28(42)38(9)17-26(40)37-29(22(5)12-2)31(44)36-24(7)30(34)43;1-7-5-3-2-4-6-7;1-4(2)3/h15,20-22,24-25,29H,11-14,16-19H2,1-10H3,(H2,34,43)(H,35,41)(H,36,44)(H,37,40);2-6H,1H3;4H,1-3H3/b23-15+;;/t20-,21?,22?,24+,25?,29?;;/m0../s1. The fraction of sp³-hybridized carbons (Fsp3) is 0.659. The van der Waals surface area contributed by atoms with Crippen molar-refractivity contribution in [3.05, 3.63) is 47.5 Å². The fourth-order valence-electron chi connectivity index (χ4n) is 5.09. The first-order chi connectivity index (χ1) is 27.0. The molecule has 0 bridgehead atoms. The summed E-state index contributed by atoms with van der Waals surface area (Å²) in [5.74, 6) is -2.58. The molecular formula is C44H76N6O8. The number of primary amides is 1. The van der Waals surface area contributed by atoms with Gasteiger partial charge in [0.2, 0.25) is 29.5 Å². The van der Waals surface area contributed by atoms with Crippen molar-refractivity contribution in [3.63, 3.8) is 0 Å². The van der Waals surface area contributed by atoms with Gasteiger partial charge >= 0.3 is 5.97 Å². The number of amides is 6. The Morgan fingerprint density at radius 1 is 0.759 bits per heavy atom. The van der Waals surface area contributed by atoms with Gasteiger partial charge in [-0.05, 0) is 70.6 Å². The van der Waals surface area contributed by atoms with E-state index in [2.05, 4.69) is 76.5 Å². The molecule has 0 fully saturated rings. The number of carbonyl (C=O) groups excluding carboxylic acids is 7. The van der Waals surface area contributed by atoms with E-state index in [0.717, 1.165) is 41.4 Å². The number of esters is 1. The highest BCUT2D eigenvalue weighted by atomic mass is 16.5. The van der Waals surface area contributed by atoms with Gasteiger partial charge in [0, 0.05) is 19.7 Å². The third-order valence-corrected chi connectivity index (χ3v) is 9.11. The lowest BCUT2D eigenvalue weighted by Gasteiger charge is -2.27. The van der Waals surface area contributed by atoms with Crippen LogP contribution in [-0.4, -0.2) is 103 Å². The Labute approximate surface area is 348 Å². The molecule has 0 heterocycles. The predicted molar refractivity (Wildman–Crippen MR) is 230 cm³/mol. The third kappa shape index (κ3) is 26.2. The summed E-state index contributed by atoms with van der Waals surface area (Å²) in [4.78, 5) is 89.1. The number of ether oxygens (including phenoxy) is 1. The third-order valence-electron chi connectivity index (χ3n) is 9.11. The van der Waals surface area contributed by atoms with E-state index >= 15 is 0 Å². The van der Waals surface area contributed by atoms with Crippen molar-refractivity contribution >= 4 is 41.4 Å². The van der Waals surface area contributed by atoms with Gasteiger partial charge in [-0.25, -0.2) is 4.79 Å². The van der Waals surface area contributed by atoms with E-state index in [0.29, 0.717) is 23.8 Å². The average molecular weight is 817 g/mol. The Morgan fingerprint density at radius 2 is 1.33 bits per heavy atom. The van der Waals surface area contributed by atoms with Crippen LogP contribution in [0, 0.1) is 30.6 Å². The molecule has 0 aliphatic carbocycles. The number of nitrogens with zero attached hydrogens (tertiary/aromatic N) is 2. The van der Waals surface area contributed by atoms with E-state index in [1.165, 1.54) is 33.5 Å². The van der Waals surface area contributed by atoms with E-state index in [4.69, 9.17) is 10.5 Å². The molecule has 58 heavy (non-hydrogen) atoms. The Kier molecular flexibility index (Phi) is 29.0. The van der Waals surface area contributed by atoms with Gasteiger partial charge in [-0.3, -0.25) is 28.8 Å². The summed E-state index contributed by atoms with van der Waals surface area (Å²) in [5, 5.41) is 7.52. The van der Waals surface area contributed by atoms with Gasteiger partial charge < -0.3 is 36.2 Å². The minimum absolute atomic E-state index is 0.275.